The zero-order valence-electron chi connectivity index (χ0n) is 21.1. The van der Waals surface area contributed by atoms with Gasteiger partial charge >= 0.3 is 0 Å². The molecule has 6 rings (SSSR count). The first-order chi connectivity index (χ1) is 18.2. The van der Waals surface area contributed by atoms with Gasteiger partial charge in [0, 0.05) is 42.7 Å². The van der Waals surface area contributed by atoms with Crippen molar-refractivity contribution in [1.82, 2.24) is 15.1 Å². The molecule has 0 spiro atoms. The zero-order chi connectivity index (χ0) is 25.2. The molecule has 1 amide bonds. The number of carbonyl (C=O) groups excluding carboxylic acids is 1. The Bertz CT molecular complexity index is 1410. The van der Waals surface area contributed by atoms with Crippen LogP contribution < -0.4 is 10.1 Å². The van der Waals surface area contributed by atoms with Crippen molar-refractivity contribution in [3.8, 4) is 17.0 Å². The van der Waals surface area contributed by atoms with Gasteiger partial charge in [0.15, 0.2) is 0 Å². The van der Waals surface area contributed by atoms with Gasteiger partial charge in [-0.3, -0.25) is 14.8 Å². The predicted molar refractivity (Wildman–Crippen MR) is 145 cm³/mol. The fourth-order valence-electron chi connectivity index (χ4n) is 5.45. The maximum Gasteiger partial charge on any atom is 0.224 e. The number of aromatic nitrogens is 2. The molecule has 2 aliphatic heterocycles. The number of morpholine rings is 1. The summed E-state index contributed by atoms with van der Waals surface area (Å²) in [5.41, 5.74) is 7.57. The summed E-state index contributed by atoms with van der Waals surface area (Å²) in [5, 5.41) is 12.1. The Labute approximate surface area is 216 Å². The van der Waals surface area contributed by atoms with Gasteiger partial charge in [0.1, 0.15) is 5.75 Å². The Morgan fingerprint density at radius 2 is 1.89 bits per heavy atom. The zero-order valence-corrected chi connectivity index (χ0v) is 21.1. The van der Waals surface area contributed by atoms with Gasteiger partial charge in [0.05, 0.1) is 31.5 Å². The van der Waals surface area contributed by atoms with Crippen LogP contribution in [-0.2, 0) is 22.5 Å². The summed E-state index contributed by atoms with van der Waals surface area (Å²) in [6.07, 6.45) is 2.13. The topological polar surface area (TPSA) is 79.5 Å². The number of rotatable bonds is 5. The summed E-state index contributed by atoms with van der Waals surface area (Å²) in [7, 11) is 1.67. The number of fused-ring (bicyclic) bond motifs is 2. The van der Waals surface area contributed by atoms with E-state index in [1.807, 2.05) is 18.2 Å². The molecule has 4 aromatic rings. The van der Waals surface area contributed by atoms with Crippen molar-refractivity contribution in [3.05, 3.63) is 77.4 Å². The van der Waals surface area contributed by atoms with Gasteiger partial charge in [0.2, 0.25) is 5.91 Å². The van der Waals surface area contributed by atoms with E-state index in [2.05, 4.69) is 62.9 Å². The normalized spacial score (nSPS) is 18.6. The molecule has 190 valence electrons. The Morgan fingerprint density at radius 1 is 1.05 bits per heavy atom. The molecule has 2 N–H and O–H groups in total. The summed E-state index contributed by atoms with van der Waals surface area (Å²) >= 11 is 0. The fourth-order valence-corrected chi connectivity index (χ4v) is 5.45. The third-order valence-corrected chi connectivity index (χ3v) is 7.57. The maximum atomic E-state index is 12.5. The fraction of sp³-hybridized carbons (Fsp3) is 0.333. The molecular weight excluding hydrogens is 464 g/mol. The largest absolute Gasteiger partial charge is 0.497 e. The average molecular weight is 497 g/mol. The van der Waals surface area contributed by atoms with E-state index in [0.29, 0.717) is 6.42 Å². The van der Waals surface area contributed by atoms with E-state index in [0.717, 1.165) is 84.9 Å². The van der Waals surface area contributed by atoms with Crippen LogP contribution in [0.15, 0.2) is 60.7 Å². The second-order valence-corrected chi connectivity index (χ2v) is 9.97. The van der Waals surface area contributed by atoms with Crippen molar-refractivity contribution in [2.45, 2.75) is 31.7 Å². The van der Waals surface area contributed by atoms with Crippen LogP contribution in [0.25, 0.3) is 22.2 Å². The van der Waals surface area contributed by atoms with Gasteiger partial charge in [-0.15, -0.1) is 0 Å². The smallest absolute Gasteiger partial charge is 0.224 e. The SMILES string of the molecule is COc1ccc2c(c1)CC(c1ccc3c(-c4ccc(CN5CCOCC5)cc4)n[nH]c3c1)CCC(=O)N2. The molecule has 1 fully saturated rings. The van der Waals surface area contributed by atoms with Crippen LogP contribution >= 0.6 is 0 Å². The molecule has 1 aromatic heterocycles. The van der Waals surface area contributed by atoms with E-state index >= 15 is 0 Å². The molecule has 1 unspecified atom stereocenters. The van der Waals surface area contributed by atoms with Crippen LogP contribution in [0.1, 0.15) is 35.4 Å². The highest BCUT2D eigenvalue weighted by molar-refractivity contribution is 5.94. The Balaban J connectivity index is 1.24. The lowest BCUT2D eigenvalue weighted by atomic mass is 9.86. The van der Waals surface area contributed by atoms with Crippen LogP contribution in [0.5, 0.6) is 5.75 Å². The molecule has 3 heterocycles. The van der Waals surface area contributed by atoms with Crippen LogP contribution in [0.3, 0.4) is 0 Å². The van der Waals surface area contributed by atoms with Crippen molar-refractivity contribution in [1.29, 1.82) is 0 Å². The molecule has 7 nitrogen and oxygen atoms in total. The van der Waals surface area contributed by atoms with Gasteiger partial charge in [-0.2, -0.15) is 5.10 Å². The van der Waals surface area contributed by atoms with E-state index < -0.39 is 0 Å². The van der Waals surface area contributed by atoms with Crippen LogP contribution in [0.2, 0.25) is 0 Å². The van der Waals surface area contributed by atoms with Crippen LogP contribution in [0.4, 0.5) is 5.69 Å². The molecule has 37 heavy (non-hydrogen) atoms. The summed E-state index contributed by atoms with van der Waals surface area (Å²) in [5.74, 6) is 1.09. The second-order valence-electron chi connectivity index (χ2n) is 9.97. The van der Waals surface area contributed by atoms with E-state index in [9.17, 15) is 4.79 Å². The number of methoxy groups -OCH3 is 1. The third-order valence-electron chi connectivity index (χ3n) is 7.57. The number of hydrogen-bond donors (Lipinski definition) is 2. The number of benzene rings is 3. The minimum atomic E-state index is 0.0538. The molecule has 1 atom stereocenters. The molecule has 3 aromatic carbocycles. The first-order valence-corrected chi connectivity index (χ1v) is 13.0. The molecule has 0 aliphatic carbocycles. The number of H-pyrrole nitrogens is 1. The first kappa shape index (κ1) is 23.7. The number of carbonyl (C=O) groups is 1. The molecule has 0 radical (unpaired) electrons. The Hall–Kier alpha value is -3.68. The van der Waals surface area contributed by atoms with Crippen LogP contribution in [0, 0.1) is 0 Å². The maximum absolute atomic E-state index is 12.5. The average Bonchev–Trinajstić information content (AvgIpc) is 3.35. The number of aromatic amines is 1. The van der Waals surface area contributed by atoms with E-state index in [-0.39, 0.29) is 11.8 Å². The highest BCUT2D eigenvalue weighted by Crippen LogP contribution is 2.35. The Kier molecular flexibility index (Phi) is 6.64. The van der Waals surface area contributed by atoms with Crippen molar-refractivity contribution < 1.29 is 14.3 Å². The third kappa shape index (κ3) is 5.10. The highest BCUT2D eigenvalue weighted by atomic mass is 16.5. The summed E-state index contributed by atoms with van der Waals surface area (Å²) in [4.78, 5) is 14.9. The minimum Gasteiger partial charge on any atom is -0.497 e. The predicted octanol–water partition coefficient (Wildman–Crippen LogP) is 5.13. The second kappa shape index (κ2) is 10.4. The van der Waals surface area contributed by atoms with E-state index in [1.54, 1.807) is 7.11 Å². The first-order valence-electron chi connectivity index (χ1n) is 13.0. The Morgan fingerprint density at radius 3 is 2.70 bits per heavy atom. The number of nitrogens with one attached hydrogen (secondary N) is 2. The number of anilines is 1. The van der Waals surface area contributed by atoms with Gasteiger partial charge in [-0.1, -0.05) is 36.4 Å². The summed E-state index contributed by atoms with van der Waals surface area (Å²) in [6.45, 7) is 4.54. The lowest BCUT2D eigenvalue weighted by Crippen LogP contribution is -2.35. The number of ether oxygens (including phenoxy) is 2. The summed E-state index contributed by atoms with van der Waals surface area (Å²) < 4.78 is 10.9. The molecule has 0 saturated carbocycles. The minimum absolute atomic E-state index is 0.0538. The highest BCUT2D eigenvalue weighted by Gasteiger charge is 2.22. The number of amides is 1. The van der Waals surface area contributed by atoms with Crippen LogP contribution in [-0.4, -0.2) is 54.4 Å². The lowest BCUT2D eigenvalue weighted by Gasteiger charge is -2.26. The molecule has 1 saturated heterocycles. The molecular formula is C30H32N4O3. The monoisotopic (exact) mass is 496 g/mol. The molecule has 7 heteroatoms. The number of hydrogen-bond acceptors (Lipinski definition) is 5. The summed E-state index contributed by atoms with van der Waals surface area (Å²) in [6, 6.07) is 21.1. The van der Waals surface area contributed by atoms with Crippen molar-refractivity contribution in [2.24, 2.45) is 0 Å². The van der Waals surface area contributed by atoms with Gasteiger partial charge in [-0.05, 0) is 59.7 Å². The van der Waals surface area contributed by atoms with Crippen molar-refractivity contribution in [3.63, 3.8) is 0 Å². The lowest BCUT2D eigenvalue weighted by molar-refractivity contribution is -0.116. The van der Waals surface area contributed by atoms with Gasteiger partial charge in [0.25, 0.3) is 0 Å². The number of nitrogens with zero attached hydrogens (tertiary/aromatic N) is 2. The van der Waals surface area contributed by atoms with E-state index in [4.69, 9.17) is 9.47 Å². The molecule has 2 aliphatic rings. The van der Waals surface area contributed by atoms with Gasteiger partial charge < -0.3 is 14.8 Å². The van der Waals surface area contributed by atoms with Gasteiger partial charge in [-0.25, -0.2) is 0 Å². The quantitative estimate of drug-likeness (QED) is 0.401. The van der Waals surface area contributed by atoms with Crippen molar-refractivity contribution >= 4 is 22.5 Å². The standard InChI is InChI=1S/C30H32N4O3/c1-36-25-8-10-27-24(17-25)16-22(7-11-29(35)31-27)23-6-9-26-28(18-23)32-33-30(26)21-4-2-20(3-5-21)19-34-12-14-37-15-13-34/h2-6,8-10,17-18,22H,7,11-16,19H2,1H3,(H,31,35)(H,32,33). The van der Waals surface area contributed by atoms with Crippen molar-refractivity contribution in [2.75, 3.05) is 38.7 Å². The van der Waals surface area contributed by atoms with E-state index in [1.165, 1.54) is 11.1 Å². The molecule has 0 bridgehead atoms.